The van der Waals surface area contributed by atoms with Gasteiger partial charge >= 0.3 is 110 Å². The van der Waals surface area contributed by atoms with Gasteiger partial charge in [-0.1, -0.05) is 42.2 Å². The fourth-order valence-electron chi connectivity index (χ4n) is 4.28. The molecule has 0 amide bonds. The molecule has 2 aromatic carbocycles. The third-order valence-corrected chi connectivity index (χ3v) is 8.23. The van der Waals surface area contributed by atoms with Crippen molar-refractivity contribution < 1.29 is 128 Å². The molecule has 0 bridgehead atoms. The zero-order valence-electron chi connectivity index (χ0n) is 30.0. The minimum absolute atomic E-state index is 0. The van der Waals surface area contributed by atoms with Crippen LogP contribution in [0.15, 0.2) is 60.7 Å². The molecular formula is C34H38BCl3K2N6O5. The topological polar surface area (TPSA) is 182 Å². The van der Waals surface area contributed by atoms with Gasteiger partial charge in [-0.25, -0.2) is 9.97 Å². The Kier molecular flexibility index (Phi) is 22.0. The monoisotopic (exact) mass is 804 g/mol. The van der Waals surface area contributed by atoms with E-state index in [9.17, 15) is 0 Å². The maximum Gasteiger partial charge on any atom is 1.00 e. The first kappa shape index (κ1) is 50.1. The number of carbonyl (C=O) groups excluding carboxylic acids is 1. The van der Waals surface area contributed by atoms with Crippen molar-refractivity contribution in [1.29, 1.82) is 5.26 Å². The minimum Gasteiger partial charge on any atom is -1.00 e. The Labute approximate surface area is 400 Å². The number of halogens is 3. The van der Waals surface area contributed by atoms with E-state index in [4.69, 9.17) is 70.9 Å². The summed E-state index contributed by atoms with van der Waals surface area (Å²) in [6.07, 6.45) is 0. The Morgan fingerprint density at radius 2 is 1.39 bits per heavy atom. The van der Waals surface area contributed by atoms with Gasteiger partial charge in [0, 0.05) is 43.4 Å². The van der Waals surface area contributed by atoms with Crippen LogP contribution >= 0.6 is 34.8 Å². The number of hydrogen-bond donors (Lipinski definition) is 2. The van der Waals surface area contributed by atoms with Gasteiger partial charge in [0.1, 0.15) is 17.0 Å². The smallest absolute Gasteiger partial charge is 1.00 e. The van der Waals surface area contributed by atoms with Gasteiger partial charge in [-0.3, -0.25) is 9.78 Å². The number of nitrogens with zero attached hydrogens (tertiary/aromatic N) is 4. The molecule has 11 nitrogen and oxygen atoms in total. The van der Waals surface area contributed by atoms with E-state index in [1.54, 1.807) is 36.4 Å². The maximum atomic E-state index is 8.64. The van der Waals surface area contributed by atoms with Crippen molar-refractivity contribution in [1.82, 2.24) is 15.0 Å². The van der Waals surface area contributed by atoms with Gasteiger partial charge < -0.3 is 32.3 Å². The molecule has 1 fully saturated rings. The van der Waals surface area contributed by atoms with Gasteiger partial charge in [0.25, 0.3) is 6.47 Å². The Morgan fingerprint density at radius 3 is 1.94 bits per heavy atom. The van der Waals surface area contributed by atoms with Crippen LogP contribution in [0.4, 0.5) is 11.5 Å². The predicted octanol–water partition coefficient (Wildman–Crippen LogP) is 0.655. The number of fused-ring (bicyclic) bond motifs is 3. The summed E-state index contributed by atoms with van der Waals surface area (Å²) in [6.45, 7) is 11.6. The second-order valence-electron chi connectivity index (χ2n) is 11.5. The number of benzene rings is 2. The average Bonchev–Trinajstić information content (AvgIpc) is 3.25. The van der Waals surface area contributed by atoms with Crippen molar-refractivity contribution in [3.8, 4) is 6.07 Å². The molecule has 0 unspecified atom stereocenters. The van der Waals surface area contributed by atoms with E-state index in [1.807, 2.05) is 71.9 Å². The summed E-state index contributed by atoms with van der Waals surface area (Å²) in [5.41, 5.74) is 16.4. The van der Waals surface area contributed by atoms with Crippen LogP contribution in [0.2, 0.25) is 15.2 Å². The third kappa shape index (κ3) is 13.7. The van der Waals surface area contributed by atoms with Gasteiger partial charge in [0.05, 0.1) is 27.8 Å². The van der Waals surface area contributed by atoms with E-state index in [1.165, 1.54) is 0 Å². The normalized spacial score (nSPS) is 13.2. The first-order valence-electron chi connectivity index (χ1n) is 14.3. The second kappa shape index (κ2) is 22.4. The summed E-state index contributed by atoms with van der Waals surface area (Å²) in [6, 6.07) is 20.1. The summed E-state index contributed by atoms with van der Waals surface area (Å²) in [4.78, 5) is 24.0. The Balaban J connectivity index is 0. The van der Waals surface area contributed by atoms with E-state index in [2.05, 4.69) is 19.8 Å². The molecule has 5 aromatic rings. The maximum absolute atomic E-state index is 8.64. The van der Waals surface area contributed by atoms with Gasteiger partial charge in [-0.15, -0.1) is 0 Å². The molecule has 4 N–H and O–H groups in total. The zero-order chi connectivity index (χ0) is 35.8. The van der Waals surface area contributed by atoms with Crippen LogP contribution in [0.1, 0.15) is 53.5 Å². The van der Waals surface area contributed by atoms with Crippen LogP contribution in [-0.2, 0) is 19.0 Å². The third-order valence-electron chi connectivity index (χ3n) is 7.47. The van der Waals surface area contributed by atoms with E-state index in [0.29, 0.717) is 27.1 Å². The number of nitrogens with two attached hydrogens (primary N) is 2. The van der Waals surface area contributed by atoms with Gasteiger partial charge in [0.15, 0.2) is 0 Å². The van der Waals surface area contributed by atoms with Crippen LogP contribution in [0.25, 0.3) is 21.8 Å². The van der Waals surface area contributed by atoms with Crippen molar-refractivity contribution in [2.45, 2.75) is 60.2 Å². The fourth-order valence-corrected chi connectivity index (χ4v) is 4.87. The number of anilines is 2. The summed E-state index contributed by atoms with van der Waals surface area (Å²) in [5, 5.41) is 20.3. The van der Waals surface area contributed by atoms with Crippen molar-refractivity contribution in [2.24, 2.45) is 0 Å². The molecule has 4 heterocycles. The Morgan fingerprint density at radius 1 is 0.863 bits per heavy atom. The Bertz CT molecular complexity index is 1980. The van der Waals surface area contributed by atoms with E-state index < -0.39 is 7.12 Å². The molecule has 0 radical (unpaired) electrons. The molecule has 51 heavy (non-hydrogen) atoms. The fraction of sp³-hybridized carbons (Fsp3) is 0.265. The number of aryl methyl sites for hydroxylation is 2. The summed E-state index contributed by atoms with van der Waals surface area (Å²) in [7, 11) is -0.460. The number of pyridine rings is 3. The first-order valence-corrected chi connectivity index (χ1v) is 15.4. The van der Waals surface area contributed by atoms with Crippen LogP contribution in [0.5, 0.6) is 0 Å². The molecule has 0 spiro atoms. The minimum atomic E-state index is -0.460. The quantitative estimate of drug-likeness (QED) is 0.0487. The standard InChI is InChI=1S/C13H10ClN3.C12H17BClNO2.C7H5ClN2.CH2O3.CH4.2K.H/c1-7-2-4-9-12(16-7)10-6-8(14)3-5-11(10)17-13(9)15;1-11(2)12(3,4)17-13(16-11)9-7-8(14)5-6-10(9)15;1-5-2-3-6(4-9)7(8)10-5;2-1-4-3;;;;/h2-6H,1H3,(H2,15,17);5-7H,15H2,1-4H3;2-3H,1H3;1,3H;1H4;;;/q;;;;;2*+1;-1/p-1. The Hall–Kier alpha value is -0.942. The number of carbonyl (C=O) groups is 1. The van der Waals surface area contributed by atoms with E-state index >= 15 is 0 Å². The number of rotatable bonds is 2. The summed E-state index contributed by atoms with van der Waals surface area (Å²) >= 11 is 17.6. The predicted molar refractivity (Wildman–Crippen MR) is 196 cm³/mol. The molecular weight excluding hydrogens is 768 g/mol. The molecule has 0 aliphatic carbocycles. The molecule has 1 saturated heterocycles. The largest absolute Gasteiger partial charge is 1.00 e. The van der Waals surface area contributed by atoms with Crippen LogP contribution < -0.4 is 125 Å². The van der Waals surface area contributed by atoms with Crippen molar-refractivity contribution in [2.75, 3.05) is 11.5 Å². The first-order chi connectivity index (χ1) is 22.5. The summed E-state index contributed by atoms with van der Waals surface area (Å²) < 4.78 is 11.9. The van der Waals surface area contributed by atoms with E-state index in [0.717, 1.165) is 38.7 Å². The van der Waals surface area contributed by atoms with Crippen molar-refractivity contribution >= 4 is 87.2 Å². The second-order valence-corrected chi connectivity index (χ2v) is 12.7. The molecule has 0 atom stereocenters. The SMILES string of the molecule is C.CC1(C)OB(c2cc(Cl)ccc2N)OC1(C)C.Cc1ccc(C#N)c(Cl)n1.Cc1ccc2c(N)nc3ccc(Cl)cc3c2n1.O=CO[O-].[H-].[K+].[K+]. The number of nitriles is 1. The van der Waals surface area contributed by atoms with Gasteiger partial charge in [-0.05, 0) is 102 Å². The average molecular weight is 806 g/mol. The van der Waals surface area contributed by atoms with Gasteiger partial charge in [-0.2, -0.15) is 5.26 Å². The number of aromatic nitrogens is 3. The number of nitrogen functional groups attached to an aromatic ring is 2. The zero-order valence-corrected chi connectivity index (χ0v) is 37.6. The molecule has 6 rings (SSSR count). The van der Waals surface area contributed by atoms with Crippen LogP contribution in [-0.4, -0.2) is 39.7 Å². The number of hydrogen-bond acceptors (Lipinski definition) is 11. The van der Waals surface area contributed by atoms with Crippen LogP contribution in [0, 0.1) is 25.2 Å². The molecule has 3 aromatic heterocycles. The van der Waals surface area contributed by atoms with Gasteiger partial charge in [0.2, 0.25) is 0 Å². The van der Waals surface area contributed by atoms with E-state index in [-0.39, 0.29) is 134 Å². The van der Waals surface area contributed by atoms with Crippen LogP contribution in [0.3, 0.4) is 0 Å². The molecule has 260 valence electrons. The summed E-state index contributed by atoms with van der Waals surface area (Å²) in [5.74, 6) is 0.502. The van der Waals surface area contributed by atoms with Crippen molar-refractivity contribution in [3.05, 3.63) is 92.8 Å². The van der Waals surface area contributed by atoms with Crippen molar-refractivity contribution in [3.63, 3.8) is 0 Å². The molecule has 0 saturated carbocycles. The molecule has 1 aliphatic heterocycles. The molecule has 1 aliphatic rings. The molecule has 17 heteroatoms.